The molecule has 3 N–H and O–H groups in total. The molecule has 0 saturated heterocycles. The first kappa shape index (κ1) is 12.8. The summed E-state index contributed by atoms with van der Waals surface area (Å²) in [5.74, 6) is 1.10. The van der Waals surface area contributed by atoms with E-state index in [0.29, 0.717) is 4.99 Å². The van der Waals surface area contributed by atoms with Crippen molar-refractivity contribution in [1.82, 2.24) is 5.32 Å². The molecule has 1 saturated carbocycles. The molecule has 86 valence electrons. The molecule has 0 aromatic heterocycles. The lowest BCUT2D eigenvalue weighted by molar-refractivity contribution is -0.130. The molecule has 1 fully saturated rings. The molecule has 0 bridgehead atoms. The van der Waals surface area contributed by atoms with Gasteiger partial charge in [0.25, 0.3) is 0 Å². The number of hydrogen-bond acceptors (Lipinski definition) is 3. The van der Waals surface area contributed by atoms with E-state index in [0.717, 1.165) is 38.0 Å². The van der Waals surface area contributed by atoms with E-state index < -0.39 is 5.41 Å². The number of hydrogen-bond donors (Lipinski definition) is 2. The highest BCUT2D eigenvalue weighted by atomic mass is 32.2. The number of nitrogens with one attached hydrogen (secondary N) is 1. The minimum absolute atomic E-state index is 0.0300. The number of carbonyl (C=O) groups is 1. The van der Waals surface area contributed by atoms with E-state index in [1.165, 1.54) is 0 Å². The Labute approximate surface area is 101 Å². The zero-order valence-electron chi connectivity index (χ0n) is 9.04. The maximum absolute atomic E-state index is 11.9. The molecule has 0 aliphatic heterocycles. The van der Waals surface area contributed by atoms with Crippen molar-refractivity contribution in [2.24, 2.45) is 11.1 Å². The van der Waals surface area contributed by atoms with Crippen LogP contribution in [-0.2, 0) is 4.79 Å². The van der Waals surface area contributed by atoms with Gasteiger partial charge in [-0.3, -0.25) is 4.79 Å². The van der Waals surface area contributed by atoms with E-state index in [1.807, 2.05) is 0 Å². The zero-order chi connectivity index (χ0) is 11.3. The molecule has 0 spiro atoms. The molecule has 0 radical (unpaired) electrons. The van der Waals surface area contributed by atoms with E-state index in [-0.39, 0.29) is 5.91 Å². The third kappa shape index (κ3) is 2.84. The average Bonchev–Trinajstić information content (AvgIpc) is 2.10. The lowest BCUT2D eigenvalue weighted by atomic mass is 9.68. The van der Waals surface area contributed by atoms with Crippen molar-refractivity contribution in [1.29, 1.82) is 0 Å². The van der Waals surface area contributed by atoms with Crippen molar-refractivity contribution in [3.8, 4) is 0 Å². The first-order valence-electron chi connectivity index (χ1n) is 5.20. The van der Waals surface area contributed by atoms with Gasteiger partial charge in [0.05, 0.1) is 10.4 Å². The molecule has 0 heterocycles. The van der Waals surface area contributed by atoms with Crippen molar-refractivity contribution in [3.05, 3.63) is 0 Å². The summed E-state index contributed by atoms with van der Waals surface area (Å²) in [5, 5.41) is 2.92. The number of rotatable bonds is 6. The molecule has 15 heavy (non-hydrogen) atoms. The molecule has 0 unspecified atom stereocenters. The minimum atomic E-state index is -0.519. The van der Waals surface area contributed by atoms with Crippen molar-refractivity contribution in [2.75, 3.05) is 18.6 Å². The Morgan fingerprint density at radius 3 is 2.67 bits per heavy atom. The number of thioether (sulfide) groups is 1. The maximum Gasteiger partial charge on any atom is 0.233 e. The number of thiocarbonyl (C=S) groups is 1. The maximum atomic E-state index is 11.9. The summed E-state index contributed by atoms with van der Waals surface area (Å²) in [7, 11) is 0. The van der Waals surface area contributed by atoms with E-state index in [1.54, 1.807) is 11.8 Å². The van der Waals surface area contributed by atoms with Crippen LogP contribution in [0.25, 0.3) is 0 Å². The normalized spacial score (nSPS) is 17.9. The molecule has 1 amide bonds. The fourth-order valence-corrected chi connectivity index (χ4v) is 2.43. The second-order valence-electron chi connectivity index (χ2n) is 3.90. The monoisotopic (exact) mass is 246 g/mol. The average molecular weight is 246 g/mol. The van der Waals surface area contributed by atoms with E-state index in [4.69, 9.17) is 18.0 Å². The van der Waals surface area contributed by atoms with Crippen LogP contribution in [0.2, 0.25) is 0 Å². The van der Waals surface area contributed by atoms with E-state index >= 15 is 0 Å². The van der Waals surface area contributed by atoms with Gasteiger partial charge in [-0.2, -0.15) is 11.8 Å². The number of carbonyl (C=O) groups excluding carboxylic acids is 1. The molecule has 1 rings (SSSR count). The zero-order valence-corrected chi connectivity index (χ0v) is 10.7. The highest BCUT2D eigenvalue weighted by Crippen LogP contribution is 2.41. The summed E-state index contributed by atoms with van der Waals surface area (Å²) >= 11 is 6.76. The summed E-state index contributed by atoms with van der Waals surface area (Å²) in [6, 6.07) is 0. The van der Waals surface area contributed by atoms with Crippen LogP contribution in [-0.4, -0.2) is 29.4 Å². The lowest BCUT2D eigenvalue weighted by Gasteiger charge is -2.39. The van der Waals surface area contributed by atoms with Gasteiger partial charge in [-0.15, -0.1) is 0 Å². The Balaban J connectivity index is 2.35. The first-order valence-corrected chi connectivity index (χ1v) is 7.01. The quantitative estimate of drug-likeness (QED) is 0.548. The SMILES string of the molecule is CSCCCNC(=O)C1(C(N)=S)CCC1. The van der Waals surface area contributed by atoms with E-state index in [2.05, 4.69) is 11.6 Å². The summed E-state index contributed by atoms with van der Waals surface area (Å²) in [6.45, 7) is 0.726. The molecule has 1 aliphatic carbocycles. The van der Waals surface area contributed by atoms with Gasteiger partial charge < -0.3 is 11.1 Å². The standard InChI is InChI=1S/C10H18N2OS2/c1-15-7-3-6-12-9(13)10(8(11)14)4-2-5-10/h2-7H2,1H3,(H2,11,14)(H,12,13). The molecule has 3 nitrogen and oxygen atoms in total. The second-order valence-corrected chi connectivity index (χ2v) is 5.33. The smallest absolute Gasteiger partial charge is 0.233 e. The van der Waals surface area contributed by atoms with Crippen LogP contribution >= 0.6 is 24.0 Å². The van der Waals surface area contributed by atoms with Gasteiger partial charge in [0.2, 0.25) is 5.91 Å². The predicted octanol–water partition coefficient (Wildman–Crippen LogP) is 1.31. The van der Waals surface area contributed by atoms with Gasteiger partial charge in [-0.25, -0.2) is 0 Å². The highest BCUT2D eigenvalue weighted by Gasteiger charge is 2.46. The van der Waals surface area contributed by atoms with Gasteiger partial charge >= 0.3 is 0 Å². The molecular formula is C10H18N2OS2. The van der Waals surface area contributed by atoms with Gasteiger partial charge in [0.15, 0.2) is 0 Å². The summed E-state index contributed by atoms with van der Waals surface area (Å²) in [4.78, 5) is 12.2. The van der Waals surface area contributed by atoms with Crippen LogP contribution in [0.4, 0.5) is 0 Å². The van der Waals surface area contributed by atoms with Crippen molar-refractivity contribution >= 4 is 34.9 Å². The third-order valence-electron chi connectivity index (χ3n) is 2.92. The Kier molecular flexibility index (Phi) is 4.86. The van der Waals surface area contributed by atoms with Crippen molar-refractivity contribution in [2.45, 2.75) is 25.7 Å². The van der Waals surface area contributed by atoms with E-state index in [9.17, 15) is 4.79 Å². The van der Waals surface area contributed by atoms with Crippen LogP contribution in [0.1, 0.15) is 25.7 Å². The largest absolute Gasteiger partial charge is 0.392 e. The number of amides is 1. The topological polar surface area (TPSA) is 55.1 Å². The van der Waals surface area contributed by atoms with Crippen molar-refractivity contribution in [3.63, 3.8) is 0 Å². The Morgan fingerprint density at radius 2 is 2.27 bits per heavy atom. The Bertz CT molecular complexity index is 252. The van der Waals surface area contributed by atoms with Crippen LogP contribution in [0.5, 0.6) is 0 Å². The molecule has 1 aliphatic rings. The van der Waals surface area contributed by atoms with Crippen LogP contribution < -0.4 is 11.1 Å². The third-order valence-corrected chi connectivity index (χ3v) is 4.01. The molecule has 0 atom stereocenters. The van der Waals surface area contributed by atoms with Crippen LogP contribution in [0.3, 0.4) is 0 Å². The summed E-state index contributed by atoms with van der Waals surface area (Å²) < 4.78 is 0. The van der Waals surface area contributed by atoms with Gasteiger partial charge in [-0.1, -0.05) is 18.6 Å². The second kappa shape index (κ2) is 5.70. The molecular weight excluding hydrogens is 228 g/mol. The fraction of sp³-hybridized carbons (Fsp3) is 0.800. The summed E-state index contributed by atoms with van der Waals surface area (Å²) in [6.07, 6.45) is 5.74. The Morgan fingerprint density at radius 1 is 1.60 bits per heavy atom. The fourth-order valence-electron chi connectivity index (χ4n) is 1.70. The van der Waals surface area contributed by atoms with Crippen LogP contribution in [0.15, 0.2) is 0 Å². The molecule has 5 heteroatoms. The lowest BCUT2D eigenvalue weighted by Crippen LogP contribution is -2.53. The van der Waals surface area contributed by atoms with Crippen LogP contribution in [0, 0.1) is 5.41 Å². The minimum Gasteiger partial charge on any atom is -0.392 e. The first-order chi connectivity index (χ1) is 7.13. The van der Waals surface area contributed by atoms with Gasteiger partial charge in [0, 0.05) is 6.54 Å². The van der Waals surface area contributed by atoms with Gasteiger partial charge in [0.1, 0.15) is 0 Å². The van der Waals surface area contributed by atoms with Gasteiger partial charge in [-0.05, 0) is 31.3 Å². The molecule has 0 aromatic rings. The highest BCUT2D eigenvalue weighted by molar-refractivity contribution is 7.98. The molecule has 0 aromatic carbocycles. The predicted molar refractivity (Wildman–Crippen MR) is 69.1 cm³/mol. The van der Waals surface area contributed by atoms with Crippen molar-refractivity contribution < 1.29 is 4.79 Å². The summed E-state index contributed by atoms with van der Waals surface area (Å²) in [5.41, 5.74) is 5.11. The Hall–Kier alpha value is -0.290. The number of nitrogens with two attached hydrogens (primary N) is 1.